The normalized spacial score (nSPS) is 17.9. The van der Waals surface area contributed by atoms with Gasteiger partial charge < -0.3 is 10.0 Å². The summed E-state index contributed by atoms with van der Waals surface area (Å²) < 4.78 is 0. The number of nitrogens with zero attached hydrogens (tertiary/aromatic N) is 3. The number of piperidine rings is 1. The molecule has 0 radical (unpaired) electrons. The lowest BCUT2D eigenvalue weighted by molar-refractivity contribution is -0.143. The zero-order valence-electron chi connectivity index (χ0n) is 11.8. The van der Waals surface area contributed by atoms with Crippen molar-refractivity contribution in [2.45, 2.75) is 12.8 Å². The van der Waals surface area contributed by atoms with Crippen molar-refractivity contribution >= 4 is 17.7 Å². The number of hydrogen-bond acceptors (Lipinski definition) is 3. The third-order valence-electron chi connectivity index (χ3n) is 3.71. The Morgan fingerprint density at radius 2 is 2.14 bits per heavy atom. The van der Waals surface area contributed by atoms with Gasteiger partial charge in [0, 0.05) is 20.1 Å². The van der Waals surface area contributed by atoms with E-state index in [1.807, 2.05) is 0 Å². The second-order valence-electron chi connectivity index (χ2n) is 5.09. The predicted octanol–water partition coefficient (Wildman–Crippen LogP) is 1.91. The molecule has 0 bridgehead atoms. The van der Waals surface area contributed by atoms with Crippen LogP contribution in [-0.4, -0.2) is 42.1 Å². The number of likely N-dealkylation sites (tertiary alicyclic amines) is 1. The first-order valence-corrected chi connectivity index (χ1v) is 6.79. The van der Waals surface area contributed by atoms with Crippen molar-refractivity contribution in [3.05, 3.63) is 29.8 Å². The molecule has 21 heavy (non-hydrogen) atoms. The van der Waals surface area contributed by atoms with Crippen molar-refractivity contribution in [1.29, 1.82) is 5.26 Å². The van der Waals surface area contributed by atoms with E-state index in [2.05, 4.69) is 6.07 Å². The molecule has 0 saturated carbocycles. The van der Waals surface area contributed by atoms with Gasteiger partial charge in [-0.2, -0.15) is 5.26 Å². The molecule has 6 heteroatoms. The van der Waals surface area contributed by atoms with Crippen LogP contribution >= 0.6 is 0 Å². The van der Waals surface area contributed by atoms with Gasteiger partial charge in [0.2, 0.25) is 0 Å². The Morgan fingerprint density at radius 3 is 2.81 bits per heavy atom. The van der Waals surface area contributed by atoms with Crippen LogP contribution in [0.25, 0.3) is 0 Å². The number of carbonyl (C=O) groups is 2. The third-order valence-corrected chi connectivity index (χ3v) is 3.71. The molecular weight excluding hydrogens is 270 g/mol. The van der Waals surface area contributed by atoms with E-state index in [-0.39, 0.29) is 12.6 Å². The Morgan fingerprint density at radius 1 is 1.43 bits per heavy atom. The van der Waals surface area contributed by atoms with Crippen molar-refractivity contribution < 1.29 is 14.7 Å². The molecular formula is C15H17N3O3. The molecule has 1 atom stereocenters. The molecule has 1 aromatic carbocycles. The van der Waals surface area contributed by atoms with Gasteiger partial charge in [0.1, 0.15) is 6.07 Å². The molecule has 2 rings (SSSR count). The number of urea groups is 1. The SMILES string of the molecule is CN(C(=O)N1CCC[C@H](C(=O)O)C1)c1ccccc1C#N. The average Bonchev–Trinajstić information content (AvgIpc) is 2.53. The number of amides is 2. The fourth-order valence-corrected chi connectivity index (χ4v) is 2.53. The number of carboxylic acid groups (broad SMARTS) is 1. The van der Waals surface area contributed by atoms with Crippen molar-refractivity contribution in [3.8, 4) is 6.07 Å². The van der Waals surface area contributed by atoms with Crippen LogP contribution in [0.2, 0.25) is 0 Å². The predicted molar refractivity (Wildman–Crippen MR) is 76.9 cm³/mol. The minimum atomic E-state index is -0.868. The molecule has 1 fully saturated rings. The van der Waals surface area contributed by atoms with Crippen molar-refractivity contribution in [2.75, 3.05) is 25.0 Å². The summed E-state index contributed by atoms with van der Waals surface area (Å²) >= 11 is 0. The number of para-hydroxylation sites is 1. The zero-order chi connectivity index (χ0) is 15.4. The first-order chi connectivity index (χ1) is 10.0. The lowest BCUT2D eigenvalue weighted by Gasteiger charge is -2.34. The highest BCUT2D eigenvalue weighted by Gasteiger charge is 2.30. The van der Waals surface area contributed by atoms with Crippen LogP contribution in [-0.2, 0) is 4.79 Å². The number of aliphatic carboxylic acids is 1. The summed E-state index contributed by atoms with van der Waals surface area (Å²) in [6.45, 7) is 0.759. The highest BCUT2D eigenvalue weighted by atomic mass is 16.4. The van der Waals surface area contributed by atoms with E-state index in [1.165, 1.54) is 9.80 Å². The van der Waals surface area contributed by atoms with E-state index < -0.39 is 11.9 Å². The summed E-state index contributed by atoms with van der Waals surface area (Å²) in [6, 6.07) is 8.63. The quantitative estimate of drug-likeness (QED) is 0.900. The Hall–Kier alpha value is -2.55. The maximum Gasteiger partial charge on any atom is 0.324 e. The fraction of sp³-hybridized carbons (Fsp3) is 0.400. The van der Waals surface area contributed by atoms with E-state index in [0.717, 1.165) is 0 Å². The fourth-order valence-electron chi connectivity index (χ4n) is 2.53. The Labute approximate surface area is 123 Å². The Balaban J connectivity index is 2.16. The Kier molecular flexibility index (Phi) is 4.43. The first kappa shape index (κ1) is 14.9. The number of benzene rings is 1. The monoisotopic (exact) mass is 287 g/mol. The minimum absolute atomic E-state index is 0.216. The van der Waals surface area contributed by atoms with E-state index in [4.69, 9.17) is 10.4 Å². The van der Waals surface area contributed by atoms with Gasteiger partial charge in [-0.3, -0.25) is 9.69 Å². The van der Waals surface area contributed by atoms with Crippen LogP contribution in [0.5, 0.6) is 0 Å². The second-order valence-corrected chi connectivity index (χ2v) is 5.09. The molecule has 0 aliphatic carbocycles. The van der Waals surface area contributed by atoms with E-state index in [9.17, 15) is 9.59 Å². The molecule has 0 aromatic heterocycles. The first-order valence-electron chi connectivity index (χ1n) is 6.79. The molecule has 2 amide bonds. The van der Waals surface area contributed by atoms with Gasteiger partial charge in [-0.25, -0.2) is 4.79 Å². The maximum atomic E-state index is 12.5. The minimum Gasteiger partial charge on any atom is -0.481 e. The number of anilines is 1. The van der Waals surface area contributed by atoms with Crippen LogP contribution < -0.4 is 4.90 Å². The van der Waals surface area contributed by atoms with Gasteiger partial charge in [-0.15, -0.1) is 0 Å². The summed E-state index contributed by atoms with van der Waals surface area (Å²) in [5.41, 5.74) is 0.947. The Bertz CT molecular complexity index is 594. The van der Waals surface area contributed by atoms with Gasteiger partial charge >= 0.3 is 12.0 Å². The average molecular weight is 287 g/mol. The molecule has 0 spiro atoms. The lowest BCUT2D eigenvalue weighted by atomic mass is 9.98. The largest absolute Gasteiger partial charge is 0.481 e. The van der Waals surface area contributed by atoms with E-state index in [0.29, 0.717) is 30.6 Å². The molecule has 1 heterocycles. The highest BCUT2D eigenvalue weighted by Crippen LogP contribution is 2.22. The third kappa shape index (κ3) is 3.14. The van der Waals surface area contributed by atoms with Crippen LogP contribution in [0.1, 0.15) is 18.4 Å². The maximum absolute atomic E-state index is 12.5. The van der Waals surface area contributed by atoms with Crippen LogP contribution in [0, 0.1) is 17.2 Å². The molecule has 1 aliphatic rings. The number of rotatable bonds is 2. The highest BCUT2D eigenvalue weighted by molar-refractivity contribution is 5.93. The number of carbonyl (C=O) groups excluding carboxylic acids is 1. The van der Waals surface area contributed by atoms with Crippen LogP contribution in [0.3, 0.4) is 0 Å². The van der Waals surface area contributed by atoms with Gasteiger partial charge in [0.25, 0.3) is 0 Å². The molecule has 1 N–H and O–H groups in total. The van der Waals surface area contributed by atoms with Gasteiger partial charge in [0.05, 0.1) is 17.2 Å². The van der Waals surface area contributed by atoms with Crippen molar-refractivity contribution in [2.24, 2.45) is 5.92 Å². The molecule has 1 aliphatic heterocycles. The molecule has 0 unspecified atom stereocenters. The van der Waals surface area contributed by atoms with E-state index in [1.54, 1.807) is 31.3 Å². The van der Waals surface area contributed by atoms with Crippen molar-refractivity contribution in [1.82, 2.24) is 4.90 Å². The van der Waals surface area contributed by atoms with Gasteiger partial charge in [-0.05, 0) is 25.0 Å². The number of carboxylic acids is 1. The van der Waals surface area contributed by atoms with Crippen molar-refractivity contribution in [3.63, 3.8) is 0 Å². The molecule has 6 nitrogen and oxygen atoms in total. The topological polar surface area (TPSA) is 84.6 Å². The summed E-state index contributed by atoms with van der Waals surface area (Å²) in [5.74, 6) is -1.38. The number of hydrogen-bond donors (Lipinski definition) is 1. The molecule has 1 aromatic rings. The van der Waals surface area contributed by atoms with Crippen LogP contribution in [0.15, 0.2) is 24.3 Å². The van der Waals surface area contributed by atoms with Crippen LogP contribution in [0.4, 0.5) is 10.5 Å². The molecule has 110 valence electrons. The number of nitriles is 1. The summed E-state index contributed by atoms with van der Waals surface area (Å²) in [5, 5.41) is 18.2. The van der Waals surface area contributed by atoms with Gasteiger partial charge in [0.15, 0.2) is 0 Å². The molecule has 1 saturated heterocycles. The lowest BCUT2D eigenvalue weighted by Crippen LogP contribution is -2.47. The van der Waals surface area contributed by atoms with E-state index >= 15 is 0 Å². The summed E-state index contributed by atoms with van der Waals surface area (Å²) in [6.07, 6.45) is 1.27. The standard InChI is InChI=1S/C15H17N3O3/c1-17(13-7-3-2-5-11(13)9-16)15(21)18-8-4-6-12(10-18)14(19)20/h2-3,5,7,12H,4,6,8,10H2,1H3,(H,19,20)/t12-/m0/s1. The summed E-state index contributed by atoms with van der Waals surface area (Å²) in [7, 11) is 1.60. The smallest absolute Gasteiger partial charge is 0.324 e. The zero-order valence-corrected chi connectivity index (χ0v) is 11.8. The second kappa shape index (κ2) is 6.27. The summed E-state index contributed by atoms with van der Waals surface area (Å²) in [4.78, 5) is 26.5. The van der Waals surface area contributed by atoms with Gasteiger partial charge in [-0.1, -0.05) is 12.1 Å².